The molecule has 2 aromatic rings. The van der Waals surface area contributed by atoms with Gasteiger partial charge in [-0.3, -0.25) is 0 Å². The standard InChI is InChI=1S/C15H15NO/c17-11-10-13-6-8-15(9-7-13)16-12-14-4-2-1-3-5-14/h1-9,11,16H,10,12H2. The first-order valence-electron chi connectivity index (χ1n) is 5.69. The van der Waals surface area contributed by atoms with Crippen LogP contribution in [-0.4, -0.2) is 6.29 Å². The van der Waals surface area contributed by atoms with E-state index in [9.17, 15) is 4.79 Å². The average molecular weight is 225 g/mol. The molecule has 0 aliphatic heterocycles. The minimum absolute atomic E-state index is 0.485. The number of aldehydes is 1. The number of rotatable bonds is 5. The molecule has 0 heterocycles. The van der Waals surface area contributed by atoms with Crippen LogP contribution in [0, 0.1) is 0 Å². The third-order valence-corrected chi connectivity index (χ3v) is 2.61. The lowest BCUT2D eigenvalue weighted by molar-refractivity contribution is -0.107. The Morgan fingerprint density at radius 3 is 2.24 bits per heavy atom. The van der Waals surface area contributed by atoms with E-state index >= 15 is 0 Å². The fraction of sp³-hybridized carbons (Fsp3) is 0.133. The Kier molecular flexibility index (Phi) is 3.92. The maximum Gasteiger partial charge on any atom is 0.124 e. The number of hydrogen-bond acceptors (Lipinski definition) is 2. The third kappa shape index (κ3) is 3.45. The van der Waals surface area contributed by atoms with Gasteiger partial charge in [-0.15, -0.1) is 0 Å². The van der Waals surface area contributed by atoms with Crippen LogP contribution in [0.2, 0.25) is 0 Å². The Morgan fingerprint density at radius 1 is 0.882 bits per heavy atom. The molecule has 0 bridgehead atoms. The van der Waals surface area contributed by atoms with Crippen molar-refractivity contribution >= 4 is 12.0 Å². The molecule has 0 fully saturated rings. The minimum atomic E-state index is 0.485. The van der Waals surface area contributed by atoms with Crippen LogP contribution in [0.1, 0.15) is 11.1 Å². The first-order valence-corrected chi connectivity index (χ1v) is 5.69. The van der Waals surface area contributed by atoms with E-state index in [0.29, 0.717) is 6.42 Å². The number of carbonyl (C=O) groups is 1. The number of hydrogen-bond donors (Lipinski definition) is 1. The maximum absolute atomic E-state index is 10.4. The van der Waals surface area contributed by atoms with Gasteiger partial charge < -0.3 is 10.1 Å². The molecule has 86 valence electrons. The second-order valence-corrected chi connectivity index (χ2v) is 3.91. The smallest absolute Gasteiger partial charge is 0.124 e. The summed E-state index contributed by atoms with van der Waals surface area (Å²) < 4.78 is 0. The van der Waals surface area contributed by atoms with Gasteiger partial charge in [-0.1, -0.05) is 42.5 Å². The summed E-state index contributed by atoms with van der Waals surface area (Å²) in [4.78, 5) is 10.4. The molecule has 0 aromatic heterocycles. The monoisotopic (exact) mass is 225 g/mol. The van der Waals surface area contributed by atoms with E-state index in [2.05, 4.69) is 17.4 Å². The molecule has 0 radical (unpaired) electrons. The van der Waals surface area contributed by atoms with Crippen molar-refractivity contribution in [3.05, 3.63) is 65.7 Å². The zero-order valence-electron chi connectivity index (χ0n) is 9.60. The largest absolute Gasteiger partial charge is 0.381 e. The molecular formula is C15H15NO. The summed E-state index contributed by atoms with van der Waals surface area (Å²) in [5, 5.41) is 3.34. The summed E-state index contributed by atoms with van der Waals surface area (Å²) in [7, 11) is 0. The second-order valence-electron chi connectivity index (χ2n) is 3.91. The van der Waals surface area contributed by atoms with Gasteiger partial charge in [0.1, 0.15) is 6.29 Å². The van der Waals surface area contributed by atoms with Crippen LogP contribution in [0.3, 0.4) is 0 Å². The average Bonchev–Trinajstić information content (AvgIpc) is 2.40. The van der Waals surface area contributed by atoms with Gasteiger partial charge in [0.2, 0.25) is 0 Å². The van der Waals surface area contributed by atoms with Crippen LogP contribution in [0.15, 0.2) is 54.6 Å². The molecule has 2 heteroatoms. The minimum Gasteiger partial charge on any atom is -0.381 e. The summed E-state index contributed by atoms with van der Waals surface area (Å²) in [6.45, 7) is 0.813. The number of nitrogens with one attached hydrogen (secondary N) is 1. The number of benzene rings is 2. The van der Waals surface area contributed by atoms with Gasteiger partial charge in [-0.25, -0.2) is 0 Å². The van der Waals surface area contributed by atoms with Crippen molar-refractivity contribution < 1.29 is 4.79 Å². The van der Waals surface area contributed by atoms with Crippen molar-refractivity contribution in [1.82, 2.24) is 0 Å². The normalized spacial score (nSPS) is 9.88. The highest BCUT2D eigenvalue weighted by Crippen LogP contribution is 2.11. The van der Waals surface area contributed by atoms with E-state index in [1.54, 1.807) is 0 Å². The number of anilines is 1. The molecule has 2 nitrogen and oxygen atoms in total. The predicted molar refractivity (Wildman–Crippen MR) is 70.0 cm³/mol. The van der Waals surface area contributed by atoms with Crippen molar-refractivity contribution in [1.29, 1.82) is 0 Å². The van der Waals surface area contributed by atoms with E-state index in [0.717, 1.165) is 24.1 Å². The van der Waals surface area contributed by atoms with Crippen molar-refractivity contribution in [2.75, 3.05) is 5.32 Å². The van der Waals surface area contributed by atoms with Gasteiger partial charge in [-0.05, 0) is 23.3 Å². The lowest BCUT2D eigenvalue weighted by atomic mass is 10.1. The SMILES string of the molecule is O=CCc1ccc(NCc2ccccc2)cc1. The van der Waals surface area contributed by atoms with Crippen LogP contribution >= 0.6 is 0 Å². The Morgan fingerprint density at radius 2 is 1.59 bits per heavy atom. The summed E-state index contributed by atoms with van der Waals surface area (Å²) >= 11 is 0. The van der Waals surface area contributed by atoms with E-state index in [4.69, 9.17) is 0 Å². The topological polar surface area (TPSA) is 29.1 Å². The highest BCUT2D eigenvalue weighted by molar-refractivity contribution is 5.56. The van der Waals surface area contributed by atoms with Gasteiger partial charge >= 0.3 is 0 Å². The van der Waals surface area contributed by atoms with E-state index < -0.39 is 0 Å². The Bertz CT molecular complexity index is 462. The molecule has 2 aromatic carbocycles. The zero-order chi connectivity index (χ0) is 11.9. The highest BCUT2D eigenvalue weighted by atomic mass is 16.1. The molecule has 0 unspecified atom stereocenters. The lowest BCUT2D eigenvalue weighted by Gasteiger charge is -2.06. The molecule has 0 amide bonds. The first-order chi connectivity index (χ1) is 8.38. The van der Waals surface area contributed by atoms with Crippen LogP contribution in [0.25, 0.3) is 0 Å². The quantitative estimate of drug-likeness (QED) is 0.792. The Hall–Kier alpha value is -2.09. The van der Waals surface area contributed by atoms with E-state index in [-0.39, 0.29) is 0 Å². The van der Waals surface area contributed by atoms with Crippen molar-refractivity contribution in [3.63, 3.8) is 0 Å². The van der Waals surface area contributed by atoms with Crippen LogP contribution < -0.4 is 5.32 Å². The van der Waals surface area contributed by atoms with Crippen molar-refractivity contribution in [2.24, 2.45) is 0 Å². The van der Waals surface area contributed by atoms with Crippen LogP contribution in [0.4, 0.5) is 5.69 Å². The van der Waals surface area contributed by atoms with Gasteiger partial charge in [0.05, 0.1) is 0 Å². The van der Waals surface area contributed by atoms with Gasteiger partial charge in [0.25, 0.3) is 0 Å². The zero-order valence-corrected chi connectivity index (χ0v) is 9.60. The third-order valence-electron chi connectivity index (χ3n) is 2.61. The van der Waals surface area contributed by atoms with Gasteiger partial charge in [0, 0.05) is 18.7 Å². The number of carbonyl (C=O) groups excluding carboxylic acids is 1. The fourth-order valence-electron chi connectivity index (χ4n) is 1.65. The van der Waals surface area contributed by atoms with Gasteiger partial charge in [-0.2, -0.15) is 0 Å². The van der Waals surface area contributed by atoms with E-state index in [1.807, 2.05) is 42.5 Å². The van der Waals surface area contributed by atoms with Crippen LogP contribution in [-0.2, 0) is 17.8 Å². The highest BCUT2D eigenvalue weighted by Gasteiger charge is 1.94. The fourth-order valence-corrected chi connectivity index (χ4v) is 1.65. The molecule has 0 atom stereocenters. The van der Waals surface area contributed by atoms with Crippen LogP contribution in [0.5, 0.6) is 0 Å². The molecular weight excluding hydrogens is 210 g/mol. The molecule has 0 saturated heterocycles. The Labute approximate surface area is 101 Å². The summed E-state index contributed by atoms with van der Waals surface area (Å²) in [6, 6.07) is 18.2. The molecule has 0 saturated carbocycles. The predicted octanol–water partition coefficient (Wildman–Crippen LogP) is 3.04. The summed E-state index contributed by atoms with van der Waals surface area (Å²) in [5.74, 6) is 0. The molecule has 0 spiro atoms. The molecule has 0 aliphatic rings. The summed E-state index contributed by atoms with van der Waals surface area (Å²) in [5.41, 5.74) is 3.37. The molecule has 1 N–H and O–H groups in total. The molecule has 0 aliphatic carbocycles. The Balaban J connectivity index is 1.93. The second kappa shape index (κ2) is 5.85. The first kappa shape index (κ1) is 11.4. The van der Waals surface area contributed by atoms with Gasteiger partial charge in [0.15, 0.2) is 0 Å². The van der Waals surface area contributed by atoms with Crippen molar-refractivity contribution in [2.45, 2.75) is 13.0 Å². The van der Waals surface area contributed by atoms with E-state index in [1.165, 1.54) is 5.56 Å². The summed E-state index contributed by atoms with van der Waals surface area (Å²) in [6.07, 6.45) is 1.41. The molecule has 17 heavy (non-hydrogen) atoms. The molecule has 2 rings (SSSR count). The maximum atomic E-state index is 10.4. The lowest BCUT2D eigenvalue weighted by Crippen LogP contribution is -1.99. The van der Waals surface area contributed by atoms with Crippen molar-refractivity contribution in [3.8, 4) is 0 Å².